The first-order valence-corrected chi connectivity index (χ1v) is 8.11. The van der Waals surface area contributed by atoms with Gasteiger partial charge in [0, 0.05) is 11.4 Å². The van der Waals surface area contributed by atoms with Crippen LogP contribution in [0.15, 0.2) is 17.0 Å². The molecule has 0 heterocycles. The molecular weight excluding hydrogens is 284 g/mol. The van der Waals surface area contributed by atoms with E-state index in [1.165, 1.54) is 28.5 Å². The van der Waals surface area contributed by atoms with Crippen molar-refractivity contribution >= 4 is 23.6 Å². The Morgan fingerprint density at radius 3 is 2.29 bits per heavy atom. The maximum Gasteiger partial charge on any atom is 0.242 e. The third kappa shape index (κ3) is 5.42. The van der Waals surface area contributed by atoms with Crippen molar-refractivity contribution in [2.24, 2.45) is 0 Å². The highest BCUT2D eigenvalue weighted by Crippen LogP contribution is 2.27. The Labute approximate surface area is 131 Å². The average molecular weight is 308 g/mol. The summed E-state index contributed by atoms with van der Waals surface area (Å²) in [4.78, 5) is 24.6. The first-order chi connectivity index (χ1) is 9.85. The van der Waals surface area contributed by atoms with Crippen LogP contribution in [0.5, 0.6) is 0 Å². The zero-order valence-corrected chi connectivity index (χ0v) is 14.2. The smallest absolute Gasteiger partial charge is 0.242 e. The number of carbonyl (C=O) groups excluding carboxylic acids is 2. The van der Waals surface area contributed by atoms with E-state index >= 15 is 0 Å². The van der Waals surface area contributed by atoms with Gasteiger partial charge in [0.15, 0.2) is 0 Å². The molecule has 21 heavy (non-hydrogen) atoms. The fourth-order valence-corrected chi connectivity index (χ4v) is 3.14. The van der Waals surface area contributed by atoms with Crippen LogP contribution >= 0.6 is 11.8 Å². The van der Waals surface area contributed by atoms with Crippen LogP contribution in [0.25, 0.3) is 0 Å². The molecule has 1 rings (SSSR count). The van der Waals surface area contributed by atoms with Crippen LogP contribution in [0.4, 0.5) is 0 Å². The lowest BCUT2D eigenvalue weighted by molar-refractivity contribution is -0.127. The zero-order valence-electron chi connectivity index (χ0n) is 13.4. The summed E-state index contributed by atoms with van der Waals surface area (Å²) in [5.74, 6) is 0.0331. The standard InChI is InChI=1S/C16H24N2O2S/c1-6-17-16(20)13(5)18-14(19)9-21-15-11(3)7-10(2)8-12(15)4/h7-8,13H,6,9H2,1-5H3,(H,17,20)(H,18,19)/t13-/m0/s1. The molecule has 0 unspecified atom stereocenters. The summed E-state index contributed by atoms with van der Waals surface area (Å²) in [6, 6.07) is 3.73. The van der Waals surface area contributed by atoms with Crippen molar-refractivity contribution in [1.82, 2.24) is 10.6 Å². The number of nitrogens with one attached hydrogen (secondary N) is 2. The predicted octanol–water partition coefficient (Wildman–Crippen LogP) is 2.34. The number of hydrogen-bond acceptors (Lipinski definition) is 3. The van der Waals surface area contributed by atoms with E-state index in [-0.39, 0.29) is 11.8 Å². The Balaban J connectivity index is 2.56. The Morgan fingerprint density at radius 1 is 1.19 bits per heavy atom. The Morgan fingerprint density at radius 2 is 1.76 bits per heavy atom. The summed E-state index contributed by atoms with van der Waals surface area (Å²) in [7, 11) is 0. The van der Waals surface area contributed by atoms with Gasteiger partial charge in [0.2, 0.25) is 11.8 Å². The highest BCUT2D eigenvalue weighted by Gasteiger charge is 2.15. The lowest BCUT2D eigenvalue weighted by Crippen LogP contribution is -2.45. The maximum atomic E-state index is 11.9. The molecule has 1 aromatic carbocycles. The molecule has 1 aromatic rings. The normalized spacial score (nSPS) is 11.9. The minimum Gasteiger partial charge on any atom is -0.355 e. The second-order valence-electron chi connectivity index (χ2n) is 5.20. The number of rotatable bonds is 6. The van der Waals surface area contributed by atoms with Gasteiger partial charge in [-0.25, -0.2) is 0 Å². The molecule has 0 aliphatic carbocycles. The average Bonchev–Trinajstić information content (AvgIpc) is 2.37. The van der Waals surface area contributed by atoms with Gasteiger partial charge in [-0.1, -0.05) is 17.7 Å². The van der Waals surface area contributed by atoms with Gasteiger partial charge in [-0.15, -0.1) is 11.8 Å². The fraction of sp³-hybridized carbons (Fsp3) is 0.500. The molecule has 0 saturated carbocycles. The lowest BCUT2D eigenvalue weighted by Gasteiger charge is -2.14. The van der Waals surface area contributed by atoms with Crippen molar-refractivity contribution in [3.05, 3.63) is 28.8 Å². The van der Waals surface area contributed by atoms with Crippen LogP contribution in [0.3, 0.4) is 0 Å². The number of likely N-dealkylation sites (N-methyl/N-ethyl adjacent to an activating group) is 1. The molecule has 0 aliphatic heterocycles. The Bertz CT molecular complexity index is 506. The number of amides is 2. The highest BCUT2D eigenvalue weighted by molar-refractivity contribution is 8.00. The van der Waals surface area contributed by atoms with E-state index in [2.05, 4.69) is 43.5 Å². The molecule has 2 N–H and O–H groups in total. The maximum absolute atomic E-state index is 11.9. The third-order valence-corrected chi connectivity index (χ3v) is 4.41. The van der Waals surface area contributed by atoms with E-state index in [0.717, 1.165) is 4.90 Å². The second kappa shape index (κ2) is 8.08. The fourth-order valence-electron chi connectivity index (χ4n) is 2.21. The van der Waals surface area contributed by atoms with Crippen LogP contribution in [0, 0.1) is 20.8 Å². The van der Waals surface area contributed by atoms with E-state index in [1.807, 2.05) is 6.92 Å². The molecule has 2 amide bonds. The van der Waals surface area contributed by atoms with Gasteiger partial charge in [-0.2, -0.15) is 0 Å². The third-order valence-electron chi connectivity index (χ3n) is 3.07. The van der Waals surface area contributed by atoms with Gasteiger partial charge in [0.1, 0.15) is 6.04 Å². The van der Waals surface area contributed by atoms with Gasteiger partial charge in [0.05, 0.1) is 5.75 Å². The van der Waals surface area contributed by atoms with E-state index in [1.54, 1.807) is 6.92 Å². The Hall–Kier alpha value is -1.49. The van der Waals surface area contributed by atoms with Crippen LogP contribution in [-0.2, 0) is 9.59 Å². The molecule has 1 atom stereocenters. The van der Waals surface area contributed by atoms with Gasteiger partial charge in [-0.05, 0) is 45.7 Å². The van der Waals surface area contributed by atoms with E-state index < -0.39 is 6.04 Å². The summed E-state index contributed by atoms with van der Waals surface area (Å²) in [5.41, 5.74) is 3.59. The van der Waals surface area contributed by atoms with Gasteiger partial charge in [-0.3, -0.25) is 9.59 Å². The molecule has 0 spiro atoms. The van der Waals surface area contributed by atoms with Crippen LogP contribution in [0.2, 0.25) is 0 Å². The van der Waals surface area contributed by atoms with Crippen molar-refractivity contribution in [2.45, 2.75) is 45.6 Å². The summed E-state index contributed by atoms with van der Waals surface area (Å²) < 4.78 is 0. The number of carbonyl (C=O) groups is 2. The monoisotopic (exact) mass is 308 g/mol. The number of thioether (sulfide) groups is 1. The Kier molecular flexibility index (Phi) is 6.75. The summed E-state index contributed by atoms with van der Waals surface area (Å²) in [6.45, 7) is 10.3. The number of benzene rings is 1. The molecule has 0 aliphatic rings. The second-order valence-corrected chi connectivity index (χ2v) is 6.19. The van der Waals surface area contributed by atoms with Crippen molar-refractivity contribution < 1.29 is 9.59 Å². The summed E-state index contributed by atoms with van der Waals surface area (Å²) in [5, 5.41) is 5.40. The van der Waals surface area contributed by atoms with E-state index in [9.17, 15) is 9.59 Å². The first-order valence-electron chi connectivity index (χ1n) is 7.12. The molecule has 0 aromatic heterocycles. The molecule has 0 saturated heterocycles. The van der Waals surface area contributed by atoms with Crippen LogP contribution < -0.4 is 10.6 Å². The molecule has 4 nitrogen and oxygen atoms in total. The van der Waals surface area contributed by atoms with Crippen LogP contribution in [0.1, 0.15) is 30.5 Å². The summed E-state index contributed by atoms with van der Waals surface area (Å²) >= 11 is 1.51. The molecule has 0 bridgehead atoms. The van der Waals surface area contributed by atoms with Crippen molar-refractivity contribution in [2.75, 3.05) is 12.3 Å². The molecule has 0 fully saturated rings. The van der Waals surface area contributed by atoms with Crippen molar-refractivity contribution in [1.29, 1.82) is 0 Å². The quantitative estimate of drug-likeness (QED) is 0.793. The minimum absolute atomic E-state index is 0.127. The summed E-state index contributed by atoms with van der Waals surface area (Å²) in [6.07, 6.45) is 0. The number of hydrogen-bond donors (Lipinski definition) is 2. The number of aryl methyl sites for hydroxylation is 3. The minimum atomic E-state index is -0.502. The van der Waals surface area contributed by atoms with E-state index in [4.69, 9.17) is 0 Å². The topological polar surface area (TPSA) is 58.2 Å². The van der Waals surface area contributed by atoms with E-state index in [0.29, 0.717) is 12.3 Å². The molecule has 0 radical (unpaired) electrons. The molecular formula is C16H24N2O2S. The first kappa shape index (κ1) is 17.6. The van der Waals surface area contributed by atoms with Gasteiger partial charge >= 0.3 is 0 Å². The molecule has 116 valence electrons. The lowest BCUT2D eigenvalue weighted by atomic mass is 10.1. The predicted molar refractivity (Wildman–Crippen MR) is 87.7 cm³/mol. The largest absolute Gasteiger partial charge is 0.355 e. The highest BCUT2D eigenvalue weighted by atomic mass is 32.2. The van der Waals surface area contributed by atoms with Crippen molar-refractivity contribution in [3.63, 3.8) is 0 Å². The van der Waals surface area contributed by atoms with Gasteiger partial charge in [0.25, 0.3) is 0 Å². The van der Waals surface area contributed by atoms with Gasteiger partial charge < -0.3 is 10.6 Å². The molecule has 5 heteroatoms. The zero-order chi connectivity index (χ0) is 16.0. The van der Waals surface area contributed by atoms with Crippen molar-refractivity contribution in [3.8, 4) is 0 Å². The SMILES string of the molecule is CCNC(=O)[C@H](C)NC(=O)CSc1c(C)cc(C)cc1C. The van der Waals surface area contributed by atoms with Crippen LogP contribution in [-0.4, -0.2) is 30.2 Å².